The van der Waals surface area contributed by atoms with Gasteiger partial charge in [0.2, 0.25) is 0 Å². The molecule has 0 bridgehead atoms. The third kappa shape index (κ3) is 16.5. The third-order valence-electron chi connectivity index (χ3n) is 6.72. The summed E-state index contributed by atoms with van der Waals surface area (Å²) < 4.78 is 44.4. The zero-order valence-electron chi connectivity index (χ0n) is 24.4. The van der Waals surface area contributed by atoms with E-state index in [9.17, 15) is 28.8 Å². The summed E-state index contributed by atoms with van der Waals surface area (Å²) in [6.45, 7) is 1.39. The fourth-order valence-electron chi connectivity index (χ4n) is 4.50. The Kier molecular flexibility index (Phi) is 19.7. The molecule has 0 aromatic carbocycles. The smallest absolute Gasteiger partial charge is 0.756 e. The van der Waals surface area contributed by atoms with Gasteiger partial charge in [-0.15, -0.1) is 0 Å². The number of rotatable bonds is 22. The van der Waals surface area contributed by atoms with Crippen LogP contribution in [0.3, 0.4) is 0 Å². The van der Waals surface area contributed by atoms with Gasteiger partial charge in [-0.1, -0.05) is 90.4 Å². The van der Waals surface area contributed by atoms with Crippen molar-refractivity contribution in [2.75, 3.05) is 18.9 Å². The molecular weight excluding hydrogens is 587 g/mol. The van der Waals surface area contributed by atoms with Crippen LogP contribution in [0.15, 0.2) is 17.1 Å². The van der Waals surface area contributed by atoms with E-state index in [0.29, 0.717) is 6.42 Å². The average Bonchev–Trinajstić information content (AvgIpc) is 3.24. The van der Waals surface area contributed by atoms with E-state index in [1.807, 2.05) is 0 Å². The van der Waals surface area contributed by atoms with Crippen LogP contribution in [-0.2, 0) is 27.2 Å². The van der Waals surface area contributed by atoms with Gasteiger partial charge in [0, 0.05) is 12.6 Å². The second-order valence-corrected chi connectivity index (χ2v) is 13.2. The van der Waals surface area contributed by atoms with Crippen molar-refractivity contribution in [3.05, 3.63) is 22.7 Å². The Labute approximate surface area is 265 Å². The van der Waals surface area contributed by atoms with Crippen LogP contribution in [-0.4, -0.2) is 45.0 Å². The molecule has 1 aliphatic heterocycles. The number of ether oxygens (including phenoxy) is 1. The molecule has 4 N–H and O–H groups in total. The number of aliphatic hydroxyl groups excluding tert-OH is 1. The summed E-state index contributed by atoms with van der Waals surface area (Å²) in [4.78, 5) is 37.3. The van der Waals surface area contributed by atoms with Crippen LogP contribution >= 0.6 is 15.6 Å². The fourth-order valence-corrected chi connectivity index (χ4v) is 6.57. The summed E-state index contributed by atoms with van der Waals surface area (Å²) in [5.74, 6) is 0.0200. The van der Waals surface area contributed by atoms with Gasteiger partial charge in [0.25, 0.3) is 7.82 Å². The summed E-state index contributed by atoms with van der Waals surface area (Å²) in [6.07, 6.45) is 14.2. The van der Waals surface area contributed by atoms with Crippen molar-refractivity contribution in [3.63, 3.8) is 0 Å². The summed E-state index contributed by atoms with van der Waals surface area (Å²) in [5, 5.41) is 10.2. The molecule has 0 amide bonds. The SMILES string of the molecule is CCCCCCCCCCCCCCCCOP(=O)([O-])OP(=O)(O)OCC1OC(n2ccc(N)nc2=O)CC1O.[Na+]. The Morgan fingerprint density at radius 3 is 2.10 bits per heavy atom. The molecule has 5 atom stereocenters. The van der Waals surface area contributed by atoms with Crippen molar-refractivity contribution in [2.24, 2.45) is 0 Å². The van der Waals surface area contributed by atoms with E-state index in [4.69, 9.17) is 19.5 Å². The molecular formula is C25H46N3NaO10P2. The van der Waals surface area contributed by atoms with Crippen LogP contribution in [0.5, 0.6) is 0 Å². The monoisotopic (exact) mass is 633 g/mol. The molecule has 1 fully saturated rings. The molecule has 1 aromatic rings. The second kappa shape index (κ2) is 20.7. The Hall–Kier alpha value is -0.140. The third-order valence-corrected chi connectivity index (χ3v) is 9.32. The Bertz CT molecular complexity index is 1020. The fraction of sp³-hybridized carbons (Fsp3) is 0.840. The minimum atomic E-state index is -5.11. The van der Waals surface area contributed by atoms with Crippen molar-refractivity contribution < 1.29 is 71.7 Å². The van der Waals surface area contributed by atoms with Gasteiger partial charge in [-0.25, -0.2) is 13.7 Å². The zero-order chi connectivity index (χ0) is 29.4. The van der Waals surface area contributed by atoms with Crippen LogP contribution < -0.4 is 45.9 Å². The first-order valence-corrected chi connectivity index (χ1v) is 17.3. The average molecular weight is 634 g/mol. The minimum Gasteiger partial charge on any atom is -0.756 e. The molecule has 41 heavy (non-hydrogen) atoms. The normalized spacial score (nSPS) is 21.7. The molecule has 2 rings (SSSR count). The molecule has 232 valence electrons. The molecule has 13 nitrogen and oxygen atoms in total. The summed E-state index contributed by atoms with van der Waals surface area (Å²) >= 11 is 0. The number of phosphoric acid groups is 2. The van der Waals surface area contributed by atoms with Gasteiger partial charge in [0.1, 0.15) is 18.1 Å². The number of hydrogen-bond donors (Lipinski definition) is 3. The van der Waals surface area contributed by atoms with Gasteiger partial charge in [-0.05, 0) is 12.5 Å². The predicted molar refractivity (Wildman–Crippen MR) is 148 cm³/mol. The number of hydrogen-bond acceptors (Lipinski definition) is 11. The Balaban J connectivity index is 0.00000840. The van der Waals surface area contributed by atoms with Crippen LogP contribution in [0.4, 0.5) is 5.82 Å². The topological polar surface area (TPSA) is 195 Å². The Morgan fingerprint density at radius 1 is 1.02 bits per heavy atom. The maximum absolute atomic E-state index is 12.1. The molecule has 5 unspecified atom stereocenters. The van der Waals surface area contributed by atoms with E-state index < -0.39 is 46.4 Å². The summed E-state index contributed by atoms with van der Waals surface area (Å²) in [5.41, 5.74) is 4.76. The number of anilines is 1. The summed E-state index contributed by atoms with van der Waals surface area (Å²) in [6, 6.07) is 1.38. The molecule has 0 saturated carbocycles. The standard InChI is InChI=1S/C25H47N3O10P2.Na/c1-2-3-4-5-6-7-8-9-10-11-12-13-14-15-18-35-39(31,32)38-40(33,34)36-20-22-21(29)19-24(37-22)28-17-16-23(26)27-25(28)30;/h16-17,21-22,24,29H,2-15,18-20H2,1H3,(H,31,32)(H,33,34)(H2,26,27,30);/q;+1/p-1. The van der Waals surface area contributed by atoms with E-state index in [2.05, 4.69) is 16.2 Å². The maximum atomic E-state index is 12.1. The Morgan fingerprint density at radius 2 is 1.56 bits per heavy atom. The van der Waals surface area contributed by atoms with Gasteiger partial charge < -0.3 is 29.9 Å². The minimum absolute atomic E-state index is 0. The van der Waals surface area contributed by atoms with Crippen LogP contribution in [0.25, 0.3) is 0 Å². The molecule has 1 aromatic heterocycles. The van der Waals surface area contributed by atoms with E-state index >= 15 is 0 Å². The van der Waals surface area contributed by atoms with E-state index in [-0.39, 0.29) is 48.4 Å². The van der Waals surface area contributed by atoms with E-state index in [1.54, 1.807) is 0 Å². The van der Waals surface area contributed by atoms with Gasteiger partial charge in [0.15, 0.2) is 0 Å². The zero-order valence-corrected chi connectivity index (χ0v) is 28.2. The van der Waals surface area contributed by atoms with Gasteiger partial charge in [-0.2, -0.15) is 4.98 Å². The van der Waals surface area contributed by atoms with Crippen LogP contribution in [0.2, 0.25) is 0 Å². The molecule has 2 heterocycles. The number of nitrogen functional groups attached to an aromatic ring is 1. The number of nitrogens with zero attached hydrogens (tertiary/aromatic N) is 2. The largest absolute Gasteiger partial charge is 1.00 e. The quantitative estimate of drug-likeness (QED) is 0.0949. The van der Waals surface area contributed by atoms with Crippen molar-refractivity contribution in [3.8, 4) is 0 Å². The summed E-state index contributed by atoms with van der Waals surface area (Å²) in [7, 11) is -10.2. The predicted octanol–water partition coefficient (Wildman–Crippen LogP) is 1.58. The second-order valence-electron chi connectivity index (χ2n) is 10.2. The molecule has 1 saturated heterocycles. The number of aliphatic hydroxyl groups is 1. The van der Waals surface area contributed by atoms with Crippen LogP contribution in [0.1, 0.15) is 109 Å². The van der Waals surface area contributed by atoms with Crippen LogP contribution in [0, 0.1) is 0 Å². The number of nitrogens with two attached hydrogens (primary N) is 1. The number of aromatic nitrogens is 2. The number of unbranched alkanes of at least 4 members (excludes halogenated alkanes) is 13. The molecule has 0 spiro atoms. The molecule has 16 heteroatoms. The first kappa shape index (κ1) is 38.9. The van der Waals surface area contributed by atoms with Crippen molar-refractivity contribution in [1.29, 1.82) is 0 Å². The van der Waals surface area contributed by atoms with Gasteiger partial charge in [0.05, 0.1) is 19.3 Å². The molecule has 0 aliphatic carbocycles. The van der Waals surface area contributed by atoms with Gasteiger partial charge in [-0.3, -0.25) is 13.7 Å². The maximum Gasteiger partial charge on any atom is 1.00 e. The van der Waals surface area contributed by atoms with Crippen molar-refractivity contribution >= 4 is 21.5 Å². The van der Waals surface area contributed by atoms with E-state index in [0.717, 1.165) is 30.3 Å². The molecule has 1 aliphatic rings. The van der Waals surface area contributed by atoms with Crippen molar-refractivity contribution in [2.45, 2.75) is 122 Å². The van der Waals surface area contributed by atoms with Gasteiger partial charge >= 0.3 is 43.1 Å². The van der Waals surface area contributed by atoms with Crippen molar-refractivity contribution in [1.82, 2.24) is 9.55 Å². The van der Waals surface area contributed by atoms with E-state index in [1.165, 1.54) is 70.1 Å². The molecule has 0 radical (unpaired) electrons. The number of phosphoric ester groups is 2. The first-order chi connectivity index (χ1) is 19.0. The first-order valence-electron chi connectivity index (χ1n) is 14.4.